The topological polar surface area (TPSA) is 102 Å². The van der Waals surface area contributed by atoms with Crippen LogP contribution in [0.2, 0.25) is 0 Å². The van der Waals surface area contributed by atoms with E-state index >= 15 is 0 Å². The Morgan fingerprint density at radius 1 is 1.53 bits per heavy atom. The molecule has 1 saturated heterocycles. The highest BCUT2D eigenvalue weighted by molar-refractivity contribution is 5.86. The second kappa shape index (κ2) is 4.17. The number of nitrogen functional groups attached to an aromatic ring is 1. The van der Waals surface area contributed by atoms with Gasteiger partial charge in [0.25, 0.3) is 0 Å². The van der Waals surface area contributed by atoms with Crippen LogP contribution in [-0.4, -0.2) is 39.4 Å². The molecular formula is C10H14N6O. The van der Waals surface area contributed by atoms with Crippen LogP contribution in [0.25, 0.3) is 11.0 Å². The van der Waals surface area contributed by atoms with E-state index in [9.17, 15) is 0 Å². The molecule has 1 aliphatic heterocycles. The first-order chi connectivity index (χ1) is 8.33. The zero-order valence-electron chi connectivity index (χ0n) is 9.31. The zero-order valence-corrected chi connectivity index (χ0v) is 9.31. The van der Waals surface area contributed by atoms with Crippen molar-refractivity contribution in [2.24, 2.45) is 0 Å². The first-order valence-electron chi connectivity index (χ1n) is 5.65. The Bertz CT molecular complexity index is 518. The van der Waals surface area contributed by atoms with E-state index in [0.29, 0.717) is 11.5 Å². The lowest BCUT2D eigenvalue weighted by atomic mass is 10.2. The second-order valence-corrected chi connectivity index (χ2v) is 4.08. The van der Waals surface area contributed by atoms with Crippen LogP contribution in [0.4, 0.5) is 11.8 Å². The molecule has 1 atom stereocenters. The highest BCUT2D eigenvalue weighted by Gasteiger charge is 2.16. The first kappa shape index (κ1) is 10.3. The maximum atomic E-state index is 5.63. The van der Waals surface area contributed by atoms with Gasteiger partial charge >= 0.3 is 0 Å². The molecule has 3 heterocycles. The number of hydrogen-bond donors (Lipinski definition) is 3. The summed E-state index contributed by atoms with van der Waals surface area (Å²) in [7, 11) is 0. The van der Waals surface area contributed by atoms with Crippen LogP contribution in [0.3, 0.4) is 0 Å². The van der Waals surface area contributed by atoms with Crippen molar-refractivity contribution in [1.82, 2.24) is 20.2 Å². The minimum Gasteiger partial charge on any atom is -0.376 e. The van der Waals surface area contributed by atoms with Crippen molar-refractivity contribution in [1.29, 1.82) is 0 Å². The number of ether oxygens (including phenoxy) is 1. The van der Waals surface area contributed by atoms with Crippen LogP contribution in [0.1, 0.15) is 12.8 Å². The Labute approximate surface area is 97.8 Å². The summed E-state index contributed by atoms with van der Waals surface area (Å²) in [4.78, 5) is 8.23. The van der Waals surface area contributed by atoms with Gasteiger partial charge in [0, 0.05) is 13.2 Å². The molecule has 17 heavy (non-hydrogen) atoms. The van der Waals surface area contributed by atoms with Gasteiger partial charge in [0.15, 0.2) is 5.65 Å². The van der Waals surface area contributed by atoms with Gasteiger partial charge in [-0.3, -0.25) is 5.10 Å². The molecule has 1 fully saturated rings. The fourth-order valence-corrected chi connectivity index (χ4v) is 2.00. The Kier molecular flexibility index (Phi) is 2.52. The summed E-state index contributed by atoms with van der Waals surface area (Å²) in [6.07, 6.45) is 4.15. The molecule has 0 aromatic carbocycles. The average molecular weight is 234 g/mol. The Morgan fingerprint density at radius 2 is 2.47 bits per heavy atom. The van der Waals surface area contributed by atoms with Crippen molar-refractivity contribution < 1.29 is 4.74 Å². The smallest absolute Gasteiger partial charge is 0.224 e. The average Bonchev–Trinajstić information content (AvgIpc) is 2.95. The highest BCUT2D eigenvalue weighted by atomic mass is 16.5. The number of nitrogens with one attached hydrogen (secondary N) is 2. The lowest BCUT2D eigenvalue weighted by Crippen LogP contribution is -2.19. The number of fused-ring (bicyclic) bond motifs is 1. The molecule has 7 nitrogen and oxygen atoms in total. The van der Waals surface area contributed by atoms with E-state index < -0.39 is 0 Å². The van der Waals surface area contributed by atoms with Crippen molar-refractivity contribution in [3.05, 3.63) is 6.20 Å². The summed E-state index contributed by atoms with van der Waals surface area (Å²) in [5.41, 5.74) is 6.27. The van der Waals surface area contributed by atoms with Gasteiger partial charge in [-0.05, 0) is 12.8 Å². The maximum Gasteiger partial charge on any atom is 0.224 e. The van der Waals surface area contributed by atoms with E-state index in [2.05, 4.69) is 25.5 Å². The van der Waals surface area contributed by atoms with Crippen LogP contribution < -0.4 is 11.1 Å². The number of hydrogen-bond acceptors (Lipinski definition) is 6. The van der Waals surface area contributed by atoms with Crippen LogP contribution in [0, 0.1) is 0 Å². The largest absolute Gasteiger partial charge is 0.376 e. The molecule has 90 valence electrons. The molecule has 0 bridgehead atoms. The van der Waals surface area contributed by atoms with Gasteiger partial charge < -0.3 is 15.8 Å². The molecule has 4 N–H and O–H groups in total. The number of nitrogens with two attached hydrogens (primary N) is 1. The van der Waals surface area contributed by atoms with Gasteiger partial charge in [-0.25, -0.2) is 0 Å². The summed E-state index contributed by atoms with van der Waals surface area (Å²) in [5.74, 6) is 0.938. The number of nitrogens with zero attached hydrogens (tertiary/aromatic N) is 3. The van der Waals surface area contributed by atoms with Gasteiger partial charge in [-0.15, -0.1) is 0 Å². The molecule has 1 unspecified atom stereocenters. The molecular weight excluding hydrogens is 220 g/mol. The number of aromatic amines is 1. The minimum atomic E-state index is 0.233. The number of anilines is 2. The van der Waals surface area contributed by atoms with Crippen LogP contribution in [-0.2, 0) is 4.74 Å². The Morgan fingerprint density at radius 3 is 3.29 bits per heavy atom. The summed E-state index contributed by atoms with van der Waals surface area (Å²) in [5, 5.41) is 10.8. The van der Waals surface area contributed by atoms with Crippen LogP contribution >= 0.6 is 0 Å². The van der Waals surface area contributed by atoms with Gasteiger partial charge in [0.05, 0.1) is 17.7 Å². The third-order valence-corrected chi connectivity index (χ3v) is 2.85. The van der Waals surface area contributed by atoms with Gasteiger partial charge in [0.2, 0.25) is 5.95 Å². The Balaban J connectivity index is 1.81. The number of rotatable bonds is 3. The van der Waals surface area contributed by atoms with Crippen molar-refractivity contribution in [3.63, 3.8) is 0 Å². The molecule has 0 radical (unpaired) electrons. The van der Waals surface area contributed by atoms with E-state index in [1.165, 1.54) is 0 Å². The van der Waals surface area contributed by atoms with E-state index in [-0.39, 0.29) is 12.1 Å². The maximum absolute atomic E-state index is 5.63. The van der Waals surface area contributed by atoms with E-state index in [0.717, 1.165) is 31.4 Å². The highest BCUT2D eigenvalue weighted by Crippen LogP contribution is 2.20. The molecule has 2 aromatic rings. The van der Waals surface area contributed by atoms with Crippen molar-refractivity contribution >= 4 is 22.8 Å². The molecule has 2 aromatic heterocycles. The van der Waals surface area contributed by atoms with Gasteiger partial charge in [0.1, 0.15) is 5.82 Å². The third kappa shape index (κ3) is 2.01. The quantitative estimate of drug-likeness (QED) is 0.715. The molecule has 0 spiro atoms. The normalized spacial score (nSPS) is 19.9. The fourth-order valence-electron chi connectivity index (χ4n) is 2.00. The minimum absolute atomic E-state index is 0.233. The van der Waals surface area contributed by atoms with E-state index in [4.69, 9.17) is 10.5 Å². The molecule has 0 amide bonds. The predicted octanol–water partition coefficient (Wildman–Crippen LogP) is 0.526. The van der Waals surface area contributed by atoms with Gasteiger partial charge in [-0.1, -0.05) is 0 Å². The first-order valence-corrected chi connectivity index (χ1v) is 5.65. The number of aromatic nitrogens is 4. The molecule has 0 saturated carbocycles. The van der Waals surface area contributed by atoms with Crippen LogP contribution in [0.15, 0.2) is 6.20 Å². The lowest BCUT2D eigenvalue weighted by molar-refractivity contribution is 0.120. The summed E-state index contributed by atoms with van der Waals surface area (Å²) in [6.45, 7) is 1.58. The Hall–Kier alpha value is -1.89. The van der Waals surface area contributed by atoms with Gasteiger partial charge in [-0.2, -0.15) is 15.1 Å². The van der Waals surface area contributed by atoms with E-state index in [1.54, 1.807) is 6.20 Å². The number of H-pyrrole nitrogens is 1. The second-order valence-electron chi connectivity index (χ2n) is 4.08. The van der Waals surface area contributed by atoms with Crippen molar-refractivity contribution in [2.75, 3.05) is 24.2 Å². The van der Waals surface area contributed by atoms with E-state index in [1.807, 2.05) is 0 Å². The molecule has 3 rings (SSSR count). The molecule has 7 heteroatoms. The standard InChI is InChI=1S/C10H14N6O/c11-10-14-8(7-5-13-16-9(7)15-10)12-4-6-2-1-3-17-6/h5-6H,1-4H2,(H4,11,12,13,14,15,16). The molecule has 1 aliphatic rings. The summed E-state index contributed by atoms with van der Waals surface area (Å²) >= 11 is 0. The zero-order chi connectivity index (χ0) is 11.7. The SMILES string of the molecule is Nc1nc(NCC2CCCO2)c2cn[nH]c2n1. The van der Waals surface area contributed by atoms with Crippen LogP contribution in [0.5, 0.6) is 0 Å². The lowest BCUT2D eigenvalue weighted by Gasteiger charge is -2.11. The summed E-state index contributed by atoms with van der Waals surface area (Å²) < 4.78 is 5.54. The van der Waals surface area contributed by atoms with Crippen molar-refractivity contribution in [3.8, 4) is 0 Å². The summed E-state index contributed by atoms with van der Waals surface area (Å²) in [6, 6.07) is 0. The monoisotopic (exact) mass is 234 g/mol. The van der Waals surface area contributed by atoms with Crippen molar-refractivity contribution in [2.45, 2.75) is 18.9 Å². The predicted molar refractivity (Wildman–Crippen MR) is 63.6 cm³/mol. The molecule has 0 aliphatic carbocycles. The third-order valence-electron chi connectivity index (χ3n) is 2.85. The fraction of sp³-hybridized carbons (Fsp3) is 0.500.